The van der Waals surface area contributed by atoms with E-state index in [2.05, 4.69) is 5.10 Å². The molecular weight excluding hydrogens is 184 g/mol. The van der Waals surface area contributed by atoms with E-state index in [1.54, 1.807) is 17.1 Å². The van der Waals surface area contributed by atoms with Crippen molar-refractivity contribution in [2.24, 2.45) is 0 Å². The molecule has 13 heavy (non-hydrogen) atoms. The third-order valence-electron chi connectivity index (χ3n) is 1.86. The van der Waals surface area contributed by atoms with Crippen LogP contribution in [0.1, 0.15) is 0 Å². The highest BCUT2D eigenvalue weighted by atomic mass is 32.2. The predicted molar refractivity (Wildman–Crippen MR) is 53.8 cm³/mol. The smallest absolute Gasteiger partial charge is 0.116 e. The van der Waals surface area contributed by atoms with Crippen LogP contribution in [0.5, 0.6) is 0 Å². The van der Waals surface area contributed by atoms with E-state index in [0.29, 0.717) is 5.88 Å². The fraction of sp³-hybridized carbons (Fsp3) is 0.222. The number of fused-ring (bicyclic) bond motifs is 1. The van der Waals surface area contributed by atoms with Crippen LogP contribution >= 0.6 is 0 Å². The summed E-state index contributed by atoms with van der Waals surface area (Å²) in [6.07, 6.45) is 3.47. The first-order valence-electron chi connectivity index (χ1n) is 3.98. The molecule has 68 valence electrons. The number of hydrogen-bond acceptors (Lipinski definition) is 2. The average molecular weight is 194 g/mol. The van der Waals surface area contributed by atoms with E-state index in [0.717, 1.165) is 10.9 Å². The summed E-state index contributed by atoms with van der Waals surface area (Å²) in [5.74, 6) is 0.466. The highest BCUT2D eigenvalue weighted by Crippen LogP contribution is 2.12. The normalized spacial score (nSPS) is 13.3. The average Bonchev–Trinajstić information content (AvgIpc) is 2.48. The largest absolute Gasteiger partial charge is 0.258 e. The Morgan fingerprint density at radius 1 is 1.46 bits per heavy atom. The monoisotopic (exact) mass is 194 g/mol. The van der Waals surface area contributed by atoms with Crippen molar-refractivity contribution in [1.82, 2.24) is 9.78 Å². The van der Waals surface area contributed by atoms with E-state index >= 15 is 0 Å². The lowest BCUT2D eigenvalue weighted by Gasteiger charge is -1.98. The van der Waals surface area contributed by atoms with E-state index < -0.39 is 10.8 Å². The zero-order valence-electron chi connectivity index (χ0n) is 7.30. The lowest BCUT2D eigenvalue weighted by atomic mass is 10.3. The van der Waals surface area contributed by atoms with Crippen LogP contribution in [0, 0.1) is 0 Å². The van der Waals surface area contributed by atoms with Gasteiger partial charge in [0.25, 0.3) is 0 Å². The molecule has 4 heteroatoms. The molecule has 1 atom stereocenters. The van der Waals surface area contributed by atoms with Crippen molar-refractivity contribution in [3.8, 4) is 0 Å². The molecule has 0 N–H and O–H groups in total. The molecule has 2 aromatic rings. The Morgan fingerprint density at radius 2 is 2.23 bits per heavy atom. The van der Waals surface area contributed by atoms with Crippen molar-refractivity contribution >= 4 is 21.7 Å². The van der Waals surface area contributed by atoms with Gasteiger partial charge in [-0.1, -0.05) is 18.2 Å². The zero-order chi connectivity index (χ0) is 9.26. The minimum atomic E-state index is -0.851. The number of rotatable bonds is 2. The van der Waals surface area contributed by atoms with Gasteiger partial charge in [0.05, 0.1) is 11.7 Å². The summed E-state index contributed by atoms with van der Waals surface area (Å²) in [5, 5.41) is 5.25. The molecule has 0 radical (unpaired) electrons. The van der Waals surface area contributed by atoms with Crippen molar-refractivity contribution in [2.75, 3.05) is 6.26 Å². The lowest BCUT2D eigenvalue weighted by molar-refractivity contribution is 0.668. The van der Waals surface area contributed by atoms with E-state index in [1.807, 2.05) is 24.3 Å². The summed E-state index contributed by atoms with van der Waals surface area (Å²) >= 11 is 0. The minimum absolute atomic E-state index is 0.466. The van der Waals surface area contributed by atoms with E-state index in [4.69, 9.17) is 0 Å². The Bertz CT molecular complexity index is 450. The summed E-state index contributed by atoms with van der Waals surface area (Å²) in [6.45, 7) is 0. The second kappa shape index (κ2) is 3.30. The van der Waals surface area contributed by atoms with Crippen LogP contribution in [0.15, 0.2) is 30.5 Å². The van der Waals surface area contributed by atoms with Gasteiger partial charge in [-0.25, -0.2) is 0 Å². The van der Waals surface area contributed by atoms with Gasteiger partial charge in [-0.2, -0.15) is 5.10 Å². The molecule has 0 aliphatic rings. The molecule has 0 saturated carbocycles. The number of para-hydroxylation sites is 1. The summed E-state index contributed by atoms with van der Waals surface area (Å²) in [7, 11) is -0.851. The first-order chi connectivity index (χ1) is 6.27. The van der Waals surface area contributed by atoms with Crippen molar-refractivity contribution in [3.63, 3.8) is 0 Å². The molecule has 1 aromatic carbocycles. The number of nitrogens with zero attached hydrogens (tertiary/aromatic N) is 2. The maximum Gasteiger partial charge on any atom is 0.116 e. The number of aromatic nitrogens is 2. The van der Waals surface area contributed by atoms with Crippen molar-refractivity contribution in [1.29, 1.82) is 0 Å². The zero-order valence-corrected chi connectivity index (χ0v) is 8.12. The van der Waals surface area contributed by atoms with Crippen LogP contribution in [-0.4, -0.2) is 20.2 Å². The van der Waals surface area contributed by atoms with Crippen molar-refractivity contribution in [3.05, 3.63) is 30.5 Å². The van der Waals surface area contributed by atoms with Gasteiger partial charge in [-0.15, -0.1) is 0 Å². The summed E-state index contributed by atoms with van der Waals surface area (Å²) in [5.41, 5.74) is 1.04. The Labute approximate surface area is 78.8 Å². The summed E-state index contributed by atoms with van der Waals surface area (Å²) in [6, 6.07) is 7.91. The van der Waals surface area contributed by atoms with Crippen LogP contribution in [0.25, 0.3) is 10.9 Å². The fourth-order valence-corrected chi connectivity index (χ4v) is 1.85. The third kappa shape index (κ3) is 1.62. The van der Waals surface area contributed by atoms with E-state index in [9.17, 15) is 4.21 Å². The molecule has 1 aromatic heterocycles. The molecule has 1 unspecified atom stereocenters. The molecule has 0 aliphatic carbocycles. The minimum Gasteiger partial charge on any atom is -0.258 e. The van der Waals surface area contributed by atoms with Crippen LogP contribution in [-0.2, 0) is 16.7 Å². The SMILES string of the molecule is CS(=O)Cn1ncc2ccccc21. The molecular formula is C9H10N2OS. The van der Waals surface area contributed by atoms with E-state index in [-0.39, 0.29) is 0 Å². The first-order valence-corrected chi connectivity index (χ1v) is 5.70. The quantitative estimate of drug-likeness (QED) is 0.723. The van der Waals surface area contributed by atoms with Gasteiger partial charge in [0.15, 0.2) is 0 Å². The molecule has 0 bridgehead atoms. The Kier molecular flexibility index (Phi) is 2.14. The lowest BCUT2D eigenvalue weighted by Crippen LogP contribution is -2.03. The second-order valence-electron chi connectivity index (χ2n) is 2.91. The molecule has 3 nitrogen and oxygen atoms in total. The van der Waals surface area contributed by atoms with Gasteiger partial charge in [-0.3, -0.25) is 8.89 Å². The van der Waals surface area contributed by atoms with Crippen LogP contribution in [0.4, 0.5) is 0 Å². The molecule has 2 rings (SSSR count). The maximum absolute atomic E-state index is 11.0. The highest BCUT2D eigenvalue weighted by Gasteiger charge is 2.01. The Hall–Kier alpha value is -1.16. The molecule has 1 heterocycles. The Balaban J connectivity index is 2.51. The van der Waals surface area contributed by atoms with Gasteiger partial charge < -0.3 is 0 Å². The van der Waals surface area contributed by atoms with Gasteiger partial charge in [0.2, 0.25) is 0 Å². The number of benzene rings is 1. The van der Waals surface area contributed by atoms with Crippen molar-refractivity contribution in [2.45, 2.75) is 5.88 Å². The molecule has 0 fully saturated rings. The van der Waals surface area contributed by atoms with Crippen molar-refractivity contribution < 1.29 is 4.21 Å². The third-order valence-corrected chi connectivity index (χ3v) is 2.46. The molecule has 0 aliphatic heterocycles. The van der Waals surface area contributed by atoms with Crippen LogP contribution < -0.4 is 0 Å². The van der Waals surface area contributed by atoms with Gasteiger partial charge in [-0.05, 0) is 6.07 Å². The summed E-state index contributed by atoms with van der Waals surface area (Å²) in [4.78, 5) is 0. The Morgan fingerprint density at radius 3 is 3.00 bits per heavy atom. The summed E-state index contributed by atoms with van der Waals surface area (Å²) < 4.78 is 12.8. The predicted octanol–water partition coefficient (Wildman–Crippen LogP) is 1.37. The highest BCUT2D eigenvalue weighted by molar-refractivity contribution is 7.83. The standard InChI is InChI=1S/C9H10N2OS/c1-13(12)7-11-9-5-3-2-4-8(9)6-10-11/h2-6H,7H2,1H3. The van der Waals surface area contributed by atoms with Crippen LogP contribution in [0.3, 0.4) is 0 Å². The molecule has 0 spiro atoms. The molecule has 0 saturated heterocycles. The van der Waals surface area contributed by atoms with Gasteiger partial charge >= 0.3 is 0 Å². The van der Waals surface area contributed by atoms with Gasteiger partial charge in [0, 0.05) is 22.4 Å². The maximum atomic E-state index is 11.0. The number of hydrogen-bond donors (Lipinski definition) is 0. The van der Waals surface area contributed by atoms with E-state index in [1.165, 1.54) is 0 Å². The molecule has 0 amide bonds. The topological polar surface area (TPSA) is 34.9 Å². The second-order valence-corrected chi connectivity index (χ2v) is 4.31. The van der Waals surface area contributed by atoms with Crippen LogP contribution in [0.2, 0.25) is 0 Å². The fourth-order valence-electron chi connectivity index (χ4n) is 1.30. The first kappa shape index (κ1) is 8.44. The van der Waals surface area contributed by atoms with Gasteiger partial charge in [0.1, 0.15) is 5.88 Å².